The second-order valence-electron chi connectivity index (χ2n) is 4.00. The lowest BCUT2D eigenvalue weighted by Gasteiger charge is -2.26. The average Bonchev–Trinajstić information content (AvgIpc) is 2.23. The number of rotatable bonds is 1. The van der Waals surface area contributed by atoms with Crippen LogP contribution in [0, 0.1) is 13.8 Å². The second-order valence-corrected chi connectivity index (χ2v) is 4.00. The van der Waals surface area contributed by atoms with Gasteiger partial charge in [0, 0.05) is 25.7 Å². The summed E-state index contributed by atoms with van der Waals surface area (Å²) in [5, 5.41) is 6.96. The van der Waals surface area contributed by atoms with Crippen LogP contribution in [0.1, 0.15) is 22.7 Å². The molecule has 1 atom stereocenters. The summed E-state index contributed by atoms with van der Waals surface area (Å²) >= 11 is 0. The molecule has 0 radical (unpaired) electrons. The van der Waals surface area contributed by atoms with E-state index in [0.29, 0.717) is 6.04 Å². The molecule has 0 spiro atoms. The van der Waals surface area contributed by atoms with Crippen LogP contribution in [0.2, 0.25) is 0 Å². The molecule has 1 aromatic rings. The van der Waals surface area contributed by atoms with Crippen molar-refractivity contribution in [3.8, 4) is 0 Å². The van der Waals surface area contributed by atoms with Crippen molar-refractivity contribution in [2.75, 3.05) is 19.6 Å². The van der Waals surface area contributed by atoms with E-state index in [1.165, 1.54) is 16.7 Å². The second kappa shape index (κ2) is 4.11. The fraction of sp³-hybridized carbons (Fsp3) is 0.500. The third-order valence-electron chi connectivity index (χ3n) is 3.06. The van der Waals surface area contributed by atoms with Crippen LogP contribution in [-0.2, 0) is 0 Å². The third kappa shape index (κ3) is 1.81. The Bertz CT molecular complexity index is 314. The van der Waals surface area contributed by atoms with Crippen molar-refractivity contribution in [1.29, 1.82) is 0 Å². The van der Waals surface area contributed by atoms with Gasteiger partial charge in [-0.05, 0) is 30.5 Å². The standard InChI is InChI=1S/C12H18N2/c1-9-4-3-5-11(10(9)2)12-8-13-6-7-14-12/h3-5,12-14H,6-8H2,1-2H3/t12-/m0/s1. The Hall–Kier alpha value is -0.860. The number of hydrogen-bond acceptors (Lipinski definition) is 2. The smallest absolute Gasteiger partial charge is 0.0449 e. The van der Waals surface area contributed by atoms with E-state index in [2.05, 4.69) is 42.7 Å². The van der Waals surface area contributed by atoms with Gasteiger partial charge in [-0.3, -0.25) is 0 Å². The summed E-state index contributed by atoms with van der Waals surface area (Å²) in [6.07, 6.45) is 0. The first-order chi connectivity index (χ1) is 6.79. The van der Waals surface area contributed by atoms with Crippen LogP contribution in [0.5, 0.6) is 0 Å². The predicted octanol–water partition coefficient (Wildman–Crippen LogP) is 1.54. The topological polar surface area (TPSA) is 24.1 Å². The van der Waals surface area contributed by atoms with Gasteiger partial charge in [0.15, 0.2) is 0 Å². The lowest BCUT2D eigenvalue weighted by molar-refractivity contribution is 0.429. The van der Waals surface area contributed by atoms with Crippen LogP contribution in [-0.4, -0.2) is 19.6 Å². The monoisotopic (exact) mass is 190 g/mol. The molecule has 0 aromatic heterocycles. The van der Waals surface area contributed by atoms with E-state index >= 15 is 0 Å². The highest BCUT2D eigenvalue weighted by Crippen LogP contribution is 2.20. The van der Waals surface area contributed by atoms with Crippen LogP contribution >= 0.6 is 0 Å². The number of piperazine rings is 1. The van der Waals surface area contributed by atoms with Gasteiger partial charge in [-0.15, -0.1) is 0 Å². The lowest BCUT2D eigenvalue weighted by Crippen LogP contribution is -2.42. The zero-order valence-corrected chi connectivity index (χ0v) is 8.93. The van der Waals surface area contributed by atoms with Crippen molar-refractivity contribution < 1.29 is 0 Å². The van der Waals surface area contributed by atoms with E-state index in [-0.39, 0.29) is 0 Å². The molecule has 0 saturated carbocycles. The van der Waals surface area contributed by atoms with Crippen LogP contribution < -0.4 is 10.6 Å². The molecule has 0 aliphatic carbocycles. The normalized spacial score (nSPS) is 22.3. The van der Waals surface area contributed by atoms with Crippen molar-refractivity contribution in [2.24, 2.45) is 0 Å². The highest BCUT2D eigenvalue weighted by Gasteiger charge is 2.16. The van der Waals surface area contributed by atoms with Gasteiger partial charge < -0.3 is 10.6 Å². The molecule has 1 aliphatic heterocycles. The Morgan fingerprint density at radius 2 is 2.07 bits per heavy atom. The molecular formula is C12H18N2. The quantitative estimate of drug-likeness (QED) is 0.702. The number of nitrogens with one attached hydrogen (secondary N) is 2. The van der Waals surface area contributed by atoms with Crippen LogP contribution in [0.3, 0.4) is 0 Å². The first kappa shape index (κ1) is 9.69. The van der Waals surface area contributed by atoms with Crippen molar-refractivity contribution >= 4 is 0 Å². The van der Waals surface area contributed by atoms with Gasteiger partial charge in [-0.25, -0.2) is 0 Å². The van der Waals surface area contributed by atoms with E-state index in [9.17, 15) is 0 Å². The average molecular weight is 190 g/mol. The molecule has 1 aliphatic rings. The lowest BCUT2D eigenvalue weighted by atomic mass is 9.96. The van der Waals surface area contributed by atoms with Gasteiger partial charge in [0.25, 0.3) is 0 Å². The van der Waals surface area contributed by atoms with Gasteiger partial charge in [0.1, 0.15) is 0 Å². The Labute approximate surface area is 85.7 Å². The van der Waals surface area contributed by atoms with Crippen LogP contribution in [0.15, 0.2) is 18.2 Å². The minimum atomic E-state index is 0.489. The molecule has 2 N–H and O–H groups in total. The minimum Gasteiger partial charge on any atom is -0.314 e. The molecule has 1 fully saturated rings. The molecule has 1 saturated heterocycles. The molecule has 2 nitrogen and oxygen atoms in total. The van der Waals surface area contributed by atoms with E-state index in [1.54, 1.807) is 0 Å². The minimum absolute atomic E-state index is 0.489. The molecule has 0 bridgehead atoms. The Morgan fingerprint density at radius 1 is 1.21 bits per heavy atom. The van der Waals surface area contributed by atoms with E-state index in [0.717, 1.165) is 19.6 Å². The van der Waals surface area contributed by atoms with Gasteiger partial charge in [0.05, 0.1) is 0 Å². The van der Waals surface area contributed by atoms with E-state index in [4.69, 9.17) is 0 Å². The molecule has 1 heterocycles. The summed E-state index contributed by atoms with van der Waals surface area (Å²) in [7, 11) is 0. The molecule has 2 rings (SSSR count). The van der Waals surface area contributed by atoms with Gasteiger partial charge >= 0.3 is 0 Å². The first-order valence-electron chi connectivity index (χ1n) is 5.29. The zero-order chi connectivity index (χ0) is 9.97. The first-order valence-corrected chi connectivity index (χ1v) is 5.29. The molecule has 14 heavy (non-hydrogen) atoms. The molecular weight excluding hydrogens is 172 g/mol. The van der Waals surface area contributed by atoms with Gasteiger partial charge in [-0.2, -0.15) is 0 Å². The Morgan fingerprint density at radius 3 is 2.79 bits per heavy atom. The van der Waals surface area contributed by atoms with Crippen LogP contribution in [0.25, 0.3) is 0 Å². The fourth-order valence-electron chi connectivity index (χ4n) is 2.02. The predicted molar refractivity (Wildman–Crippen MR) is 59.5 cm³/mol. The van der Waals surface area contributed by atoms with Gasteiger partial charge in [0.2, 0.25) is 0 Å². The van der Waals surface area contributed by atoms with E-state index in [1.807, 2.05) is 0 Å². The number of benzene rings is 1. The summed E-state index contributed by atoms with van der Waals surface area (Å²) in [5.41, 5.74) is 4.25. The summed E-state index contributed by atoms with van der Waals surface area (Å²) in [4.78, 5) is 0. The highest BCUT2D eigenvalue weighted by molar-refractivity contribution is 5.35. The summed E-state index contributed by atoms with van der Waals surface area (Å²) in [6, 6.07) is 7.04. The Balaban J connectivity index is 2.26. The number of hydrogen-bond donors (Lipinski definition) is 2. The summed E-state index contributed by atoms with van der Waals surface area (Å²) in [5.74, 6) is 0. The molecule has 0 unspecified atom stereocenters. The number of aryl methyl sites for hydroxylation is 1. The summed E-state index contributed by atoms with van der Waals surface area (Å²) < 4.78 is 0. The highest BCUT2D eigenvalue weighted by atomic mass is 15.1. The SMILES string of the molecule is Cc1cccc([C@@H]2CNCCN2)c1C. The fourth-order valence-corrected chi connectivity index (χ4v) is 2.02. The summed E-state index contributed by atoms with van der Waals surface area (Å²) in [6.45, 7) is 7.58. The third-order valence-corrected chi connectivity index (χ3v) is 3.06. The van der Waals surface area contributed by atoms with E-state index < -0.39 is 0 Å². The molecule has 0 amide bonds. The van der Waals surface area contributed by atoms with Crippen molar-refractivity contribution in [1.82, 2.24) is 10.6 Å². The van der Waals surface area contributed by atoms with Gasteiger partial charge in [-0.1, -0.05) is 18.2 Å². The molecule has 76 valence electrons. The maximum Gasteiger partial charge on any atom is 0.0449 e. The zero-order valence-electron chi connectivity index (χ0n) is 8.93. The molecule has 1 aromatic carbocycles. The van der Waals surface area contributed by atoms with Crippen LogP contribution in [0.4, 0.5) is 0 Å². The maximum atomic E-state index is 3.54. The maximum absolute atomic E-state index is 3.54. The van der Waals surface area contributed by atoms with Crippen molar-refractivity contribution in [2.45, 2.75) is 19.9 Å². The molecule has 2 heteroatoms. The largest absolute Gasteiger partial charge is 0.314 e. The van der Waals surface area contributed by atoms with Crippen molar-refractivity contribution in [3.63, 3.8) is 0 Å². The Kier molecular flexibility index (Phi) is 2.85. The van der Waals surface area contributed by atoms with Crippen molar-refractivity contribution in [3.05, 3.63) is 34.9 Å².